The molecule has 84 valence electrons. The van der Waals surface area contributed by atoms with Gasteiger partial charge in [0.05, 0.1) is 10.9 Å². The maximum absolute atomic E-state index is 9.66. The molecular weight excluding hydrogens is 276 g/mol. The quantitative estimate of drug-likeness (QED) is 0.873. The number of aromatic hydroxyl groups is 1. The number of hydrogen-bond acceptors (Lipinski definition) is 4. The first-order chi connectivity index (χ1) is 7.65. The molecule has 0 radical (unpaired) electrons. The van der Waals surface area contributed by atoms with E-state index in [1.807, 2.05) is 12.1 Å². The first-order valence-corrected chi connectivity index (χ1v) is 5.62. The summed E-state index contributed by atoms with van der Waals surface area (Å²) < 4.78 is 13.1. The Kier molecular flexibility index (Phi) is 2.17. The van der Waals surface area contributed by atoms with Crippen molar-refractivity contribution in [1.29, 1.82) is 0 Å². The Morgan fingerprint density at radius 1 is 1.44 bits per heavy atom. The molecule has 5 nitrogen and oxygen atoms in total. The number of hydrogen-bond donors (Lipinski definition) is 1. The second-order valence-corrected chi connectivity index (χ2v) is 4.49. The number of nitrogens with zero attached hydrogens (tertiary/aromatic N) is 2. The van der Waals surface area contributed by atoms with Crippen molar-refractivity contribution in [2.45, 2.75) is 19.6 Å². The summed E-state index contributed by atoms with van der Waals surface area (Å²) in [5.74, 6) is -0.0192. The lowest BCUT2D eigenvalue weighted by Gasteiger charge is -2.33. The number of aromatic nitrogens is 2. The standard InChI is InChI=1S/C10H9BrN2O3/c1-5-15-10(16-5)13-8-4-6(11)2-3-7(8)9(14)12-13/h2-5,10H,1H3,(H,12,14). The lowest BCUT2D eigenvalue weighted by molar-refractivity contribution is -0.414. The molecule has 0 aliphatic carbocycles. The third kappa shape index (κ3) is 1.41. The highest BCUT2D eigenvalue weighted by atomic mass is 79.9. The first-order valence-electron chi connectivity index (χ1n) is 4.83. The molecule has 1 aliphatic rings. The third-order valence-corrected chi connectivity index (χ3v) is 2.96. The van der Waals surface area contributed by atoms with Crippen molar-refractivity contribution in [1.82, 2.24) is 9.78 Å². The highest BCUT2D eigenvalue weighted by molar-refractivity contribution is 9.10. The molecule has 1 fully saturated rings. The van der Waals surface area contributed by atoms with Crippen LogP contribution in [0.25, 0.3) is 10.9 Å². The Bertz CT molecular complexity index is 548. The number of rotatable bonds is 1. The summed E-state index contributed by atoms with van der Waals surface area (Å²) in [5.41, 5.74) is 0.767. The van der Waals surface area contributed by atoms with Gasteiger partial charge < -0.3 is 14.6 Å². The molecule has 1 aliphatic heterocycles. The summed E-state index contributed by atoms with van der Waals surface area (Å²) in [6.45, 7) is 1.80. The van der Waals surface area contributed by atoms with Crippen LogP contribution in [-0.4, -0.2) is 21.2 Å². The molecule has 0 amide bonds. The minimum atomic E-state index is -0.548. The van der Waals surface area contributed by atoms with Gasteiger partial charge in [-0.1, -0.05) is 15.9 Å². The molecule has 6 heteroatoms. The lowest BCUT2D eigenvalue weighted by Crippen LogP contribution is -2.36. The van der Waals surface area contributed by atoms with E-state index in [-0.39, 0.29) is 12.2 Å². The van der Waals surface area contributed by atoms with Gasteiger partial charge in [-0.15, -0.1) is 5.10 Å². The van der Waals surface area contributed by atoms with Crippen LogP contribution in [0, 0.1) is 0 Å². The van der Waals surface area contributed by atoms with Crippen molar-refractivity contribution in [2.75, 3.05) is 0 Å². The third-order valence-electron chi connectivity index (χ3n) is 2.47. The molecule has 2 heterocycles. The van der Waals surface area contributed by atoms with Crippen molar-refractivity contribution >= 4 is 26.8 Å². The van der Waals surface area contributed by atoms with E-state index in [0.29, 0.717) is 5.39 Å². The summed E-state index contributed by atoms with van der Waals surface area (Å²) >= 11 is 3.37. The number of fused-ring (bicyclic) bond motifs is 1. The van der Waals surface area contributed by atoms with Gasteiger partial charge in [0.25, 0.3) is 6.41 Å². The van der Waals surface area contributed by atoms with Gasteiger partial charge in [0.15, 0.2) is 6.29 Å². The topological polar surface area (TPSA) is 56.5 Å². The summed E-state index contributed by atoms with van der Waals surface area (Å²) in [5, 5.41) is 14.3. The van der Waals surface area contributed by atoms with E-state index in [1.54, 1.807) is 13.0 Å². The van der Waals surface area contributed by atoms with Gasteiger partial charge in [-0.2, -0.15) is 0 Å². The molecule has 1 aromatic heterocycles. The zero-order chi connectivity index (χ0) is 11.3. The normalized spacial score (nSPS) is 24.6. The Morgan fingerprint density at radius 3 is 2.88 bits per heavy atom. The summed E-state index contributed by atoms with van der Waals surface area (Å²) in [6.07, 6.45) is -0.772. The van der Waals surface area contributed by atoms with Crippen LogP contribution in [0.1, 0.15) is 13.3 Å². The van der Waals surface area contributed by atoms with Crippen molar-refractivity contribution in [3.05, 3.63) is 22.7 Å². The molecular formula is C10H9BrN2O3. The zero-order valence-corrected chi connectivity index (χ0v) is 10.0. The first kappa shape index (κ1) is 10.1. The Morgan fingerprint density at radius 2 is 2.19 bits per heavy atom. The van der Waals surface area contributed by atoms with E-state index in [2.05, 4.69) is 21.0 Å². The Balaban J connectivity index is 2.13. The molecule has 1 aromatic carbocycles. The second-order valence-electron chi connectivity index (χ2n) is 3.58. The highest BCUT2D eigenvalue weighted by Crippen LogP contribution is 2.33. The summed E-state index contributed by atoms with van der Waals surface area (Å²) in [6, 6.07) is 5.50. The van der Waals surface area contributed by atoms with Crippen LogP contribution in [0.2, 0.25) is 0 Å². The van der Waals surface area contributed by atoms with E-state index in [0.717, 1.165) is 9.99 Å². The average molecular weight is 285 g/mol. The van der Waals surface area contributed by atoms with Gasteiger partial charge in [-0.05, 0) is 25.1 Å². The van der Waals surface area contributed by atoms with Gasteiger partial charge in [-0.3, -0.25) is 0 Å². The van der Waals surface area contributed by atoms with Crippen LogP contribution in [0.4, 0.5) is 0 Å². The zero-order valence-electron chi connectivity index (χ0n) is 8.42. The van der Waals surface area contributed by atoms with E-state index in [1.165, 1.54) is 4.68 Å². The monoisotopic (exact) mass is 284 g/mol. The molecule has 2 aromatic rings. The molecule has 16 heavy (non-hydrogen) atoms. The maximum atomic E-state index is 9.66. The lowest BCUT2D eigenvalue weighted by atomic mass is 10.2. The maximum Gasteiger partial charge on any atom is 0.264 e. The van der Waals surface area contributed by atoms with Crippen molar-refractivity contribution in [3.63, 3.8) is 0 Å². The predicted molar refractivity (Wildman–Crippen MR) is 59.8 cm³/mol. The van der Waals surface area contributed by atoms with E-state index in [9.17, 15) is 5.11 Å². The second kappa shape index (κ2) is 3.44. The smallest absolute Gasteiger partial charge is 0.264 e. The van der Waals surface area contributed by atoms with Crippen LogP contribution < -0.4 is 0 Å². The number of benzene rings is 1. The fraction of sp³-hybridized carbons (Fsp3) is 0.300. The molecule has 0 saturated carbocycles. The molecule has 1 N–H and O–H groups in total. The molecule has 3 rings (SSSR count). The molecule has 0 atom stereocenters. The molecule has 0 bridgehead atoms. The van der Waals surface area contributed by atoms with Gasteiger partial charge >= 0.3 is 0 Å². The van der Waals surface area contributed by atoms with Gasteiger partial charge in [0.2, 0.25) is 5.88 Å². The summed E-state index contributed by atoms with van der Waals surface area (Å²) in [7, 11) is 0. The fourth-order valence-electron chi connectivity index (χ4n) is 1.71. The number of halogens is 1. The fourth-order valence-corrected chi connectivity index (χ4v) is 2.06. The van der Waals surface area contributed by atoms with E-state index >= 15 is 0 Å². The van der Waals surface area contributed by atoms with Gasteiger partial charge in [0, 0.05) is 4.47 Å². The van der Waals surface area contributed by atoms with Crippen LogP contribution in [0.15, 0.2) is 22.7 Å². The minimum absolute atomic E-state index is 0.0192. The van der Waals surface area contributed by atoms with Crippen LogP contribution >= 0.6 is 15.9 Å². The Hall–Kier alpha value is -1.11. The largest absolute Gasteiger partial charge is 0.492 e. The van der Waals surface area contributed by atoms with E-state index < -0.39 is 6.41 Å². The molecule has 0 unspecified atom stereocenters. The highest BCUT2D eigenvalue weighted by Gasteiger charge is 2.31. The number of ether oxygens (including phenoxy) is 2. The predicted octanol–water partition coefficient (Wildman–Crippen LogP) is 2.35. The van der Waals surface area contributed by atoms with Crippen LogP contribution in [0.5, 0.6) is 5.88 Å². The van der Waals surface area contributed by atoms with Crippen molar-refractivity contribution in [2.24, 2.45) is 0 Å². The van der Waals surface area contributed by atoms with E-state index in [4.69, 9.17) is 9.47 Å². The minimum Gasteiger partial charge on any atom is -0.492 e. The van der Waals surface area contributed by atoms with Crippen LogP contribution in [0.3, 0.4) is 0 Å². The van der Waals surface area contributed by atoms with Crippen molar-refractivity contribution in [3.8, 4) is 5.88 Å². The van der Waals surface area contributed by atoms with Gasteiger partial charge in [-0.25, -0.2) is 4.68 Å². The van der Waals surface area contributed by atoms with Crippen molar-refractivity contribution < 1.29 is 14.6 Å². The summed E-state index contributed by atoms with van der Waals surface area (Å²) in [4.78, 5) is 0. The SMILES string of the molecule is CC1OC(n2nc(O)c3ccc(Br)cc32)O1. The molecule has 1 saturated heterocycles. The van der Waals surface area contributed by atoms with Gasteiger partial charge in [0.1, 0.15) is 0 Å². The van der Waals surface area contributed by atoms with Crippen LogP contribution in [-0.2, 0) is 9.47 Å². The molecule has 0 spiro atoms. The average Bonchev–Trinajstić information content (AvgIpc) is 2.51. The Labute approximate surface area is 99.7 Å².